The van der Waals surface area contributed by atoms with E-state index in [1.54, 1.807) is 31.2 Å². The summed E-state index contributed by atoms with van der Waals surface area (Å²) in [7, 11) is 1.43. The zero-order chi connectivity index (χ0) is 16.2. The number of methoxy groups -OCH3 is 1. The van der Waals surface area contributed by atoms with Crippen LogP contribution in [0.1, 0.15) is 11.5 Å². The largest absolute Gasteiger partial charge is 0.494 e. The minimum Gasteiger partial charge on any atom is -0.494 e. The maximum atomic E-state index is 13.6. The minimum atomic E-state index is -0.406. The third-order valence-electron chi connectivity index (χ3n) is 3.26. The van der Waals surface area contributed by atoms with E-state index in [9.17, 15) is 4.39 Å². The first-order chi connectivity index (χ1) is 11.2. The lowest BCUT2D eigenvalue weighted by atomic mass is 10.2. The molecule has 23 heavy (non-hydrogen) atoms. The van der Waals surface area contributed by atoms with Gasteiger partial charge in [0.05, 0.1) is 7.11 Å². The molecule has 0 saturated heterocycles. The van der Waals surface area contributed by atoms with Crippen LogP contribution in [0.5, 0.6) is 11.5 Å². The Morgan fingerprint density at radius 1 is 1.13 bits per heavy atom. The van der Waals surface area contributed by atoms with Crippen molar-refractivity contribution in [1.29, 1.82) is 0 Å². The average molecular weight is 314 g/mol. The molecule has 2 aromatic carbocycles. The van der Waals surface area contributed by atoms with Crippen molar-refractivity contribution in [3.63, 3.8) is 0 Å². The predicted octanol–water partition coefficient (Wildman–Crippen LogP) is 3.77. The SMILES string of the molecule is COc1ccc(COc2ccc(-c3noc(C)n3)cc2)cc1F. The summed E-state index contributed by atoms with van der Waals surface area (Å²) in [5, 5.41) is 3.85. The Balaban J connectivity index is 1.65. The van der Waals surface area contributed by atoms with Gasteiger partial charge in [-0.1, -0.05) is 11.2 Å². The molecule has 0 saturated carbocycles. The molecule has 0 bridgehead atoms. The van der Waals surface area contributed by atoms with Gasteiger partial charge >= 0.3 is 0 Å². The molecule has 0 spiro atoms. The third kappa shape index (κ3) is 3.48. The van der Waals surface area contributed by atoms with Crippen molar-refractivity contribution in [3.8, 4) is 22.9 Å². The van der Waals surface area contributed by atoms with Gasteiger partial charge in [-0.3, -0.25) is 0 Å². The Morgan fingerprint density at radius 2 is 1.91 bits per heavy atom. The van der Waals surface area contributed by atoms with Gasteiger partial charge in [0.1, 0.15) is 12.4 Å². The molecule has 0 aliphatic heterocycles. The van der Waals surface area contributed by atoms with Crippen LogP contribution < -0.4 is 9.47 Å². The molecule has 0 N–H and O–H groups in total. The van der Waals surface area contributed by atoms with Gasteiger partial charge in [0, 0.05) is 12.5 Å². The first-order valence-corrected chi connectivity index (χ1v) is 7.01. The van der Waals surface area contributed by atoms with Gasteiger partial charge < -0.3 is 14.0 Å². The second-order valence-electron chi connectivity index (χ2n) is 4.92. The van der Waals surface area contributed by atoms with E-state index in [-0.39, 0.29) is 12.4 Å². The maximum Gasteiger partial charge on any atom is 0.223 e. The average Bonchev–Trinajstić information content (AvgIpc) is 3.00. The zero-order valence-electron chi connectivity index (χ0n) is 12.7. The number of aromatic nitrogens is 2. The van der Waals surface area contributed by atoms with Crippen LogP contribution in [0.3, 0.4) is 0 Å². The third-order valence-corrected chi connectivity index (χ3v) is 3.26. The standard InChI is InChI=1S/C17H15FN2O3/c1-11-19-17(20-23-11)13-4-6-14(7-5-13)22-10-12-3-8-16(21-2)15(18)9-12/h3-9H,10H2,1-2H3. The number of rotatable bonds is 5. The normalized spacial score (nSPS) is 10.6. The first kappa shape index (κ1) is 15.0. The van der Waals surface area contributed by atoms with Gasteiger partial charge in [-0.2, -0.15) is 4.98 Å². The van der Waals surface area contributed by atoms with Crippen LogP contribution in [0, 0.1) is 12.7 Å². The van der Waals surface area contributed by atoms with Crippen LogP contribution in [0.4, 0.5) is 4.39 Å². The number of hydrogen-bond donors (Lipinski definition) is 0. The molecule has 0 amide bonds. The van der Waals surface area contributed by atoms with Crippen molar-refractivity contribution >= 4 is 0 Å². The van der Waals surface area contributed by atoms with Gasteiger partial charge in [0.2, 0.25) is 11.7 Å². The molecule has 1 aromatic heterocycles. The van der Waals surface area contributed by atoms with Gasteiger partial charge in [0.25, 0.3) is 0 Å². The van der Waals surface area contributed by atoms with Crippen LogP contribution in [-0.4, -0.2) is 17.3 Å². The number of nitrogens with zero attached hydrogens (tertiary/aromatic N) is 2. The summed E-state index contributed by atoms with van der Waals surface area (Å²) in [5.41, 5.74) is 1.56. The fourth-order valence-electron chi connectivity index (χ4n) is 2.08. The van der Waals surface area contributed by atoms with E-state index in [1.165, 1.54) is 13.2 Å². The summed E-state index contributed by atoms with van der Waals surface area (Å²) in [5.74, 6) is 1.53. The van der Waals surface area contributed by atoms with Crippen molar-refractivity contribution in [2.24, 2.45) is 0 Å². The van der Waals surface area contributed by atoms with E-state index in [1.807, 2.05) is 12.1 Å². The van der Waals surface area contributed by atoms with Crippen molar-refractivity contribution in [2.75, 3.05) is 7.11 Å². The molecule has 6 heteroatoms. The maximum absolute atomic E-state index is 13.6. The van der Waals surface area contributed by atoms with Gasteiger partial charge in [-0.05, 0) is 42.0 Å². The Labute approximate surface area is 132 Å². The lowest BCUT2D eigenvalue weighted by Crippen LogP contribution is -1.97. The second-order valence-corrected chi connectivity index (χ2v) is 4.92. The molecule has 0 aliphatic rings. The van der Waals surface area contributed by atoms with Gasteiger partial charge in [0.15, 0.2) is 11.6 Å². The lowest BCUT2D eigenvalue weighted by molar-refractivity contribution is 0.304. The molecule has 0 aliphatic carbocycles. The summed E-state index contributed by atoms with van der Waals surface area (Å²) >= 11 is 0. The zero-order valence-corrected chi connectivity index (χ0v) is 12.7. The van der Waals surface area contributed by atoms with Crippen LogP contribution in [-0.2, 0) is 6.61 Å². The van der Waals surface area contributed by atoms with Crippen molar-refractivity contribution in [2.45, 2.75) is 13.5 Å². The molecule has 0 fully saturated rings. The fourth-order valence-corrected chi connectivity index (χ4v) is 2.08. The number of ether oxygens (including phenoxy) is 2. The predicted molar refractivity (Wildman–Crippen MR) is 81.8 cm³/mol. The first-order valence-electron chi connectivity index (χ1n) is 7.01. The van der Waals surface area contributed by atoms with Crippen LogP contribution in [0.2, 0.25) is 0 Å². The van der Waals surface area contributed by atoms with Gasteiger partial charge in [-0.25, -0.2) is 4.39 Å². The molecule has 0 unspecified atom stereocenters. The highest BCUT2D eigenvalue weighted by Gasteiger charge is 2.07. The van der Waals surface area contributed by atoms with E-state index in [0.29, 0.717) is 17.5 Å². The Bertz CT molecular complexity index is 800. The van der Waals surface area contributed by atoms with E-state index < -0.39 is 5.82 Å². The topological polar surface area (TPSA) is 57.4 Å². The molecule has 0 atom stereocenters. The monoisotopic (exact) mass is 314 g/mol. The smallest absolute Gasteiger partial charge is 0.223 e. The molecule has 3 rings (SSSR count). The van der Waals surface area contributed by atoms with Crippen molar-refractivity contribution in [1.82, 2.24) is 10.1 Å². The molecule has 0 radical (unpaired) electrons. The van der Waals surface area contributed by atoms with Crippen LogP contribution in [0.15, 0.2) is 47.0 Å². The van der Waals surface area contributed by atoms with Crippen molar-refractivity contribution in [3.05, 3.63) is 59.7 Å². The van der Waals surface area contributed by atoms with E-state index in [4.69, 9.17) is 14.0 Å². The fraction of sp³-hybridized carbons (Fsp3) is 0.176. The Kier molecular flexibility index (Phi) is 4.23. The van der Waals surface area contributed by atoms with Crippen molar-refractivity contribution < 1.29 is 18.4 Å². The Morgan fingerprint density at radius 3 is 2.52 bits per heavy atom. The highest BCUT2D eigenvalue weighted by atomic mass is 19.1. The number of hydrogen-bond acceptors (Lipinski definition) is 5. The summed E-state index contributed by atoms with van der Waals surface area (Å²) < 4.78 is 29.1. The molecular weight excluding hydrogens is 299 g/mol. The molecular formula is C17H15FN2O3. The number of aryl methyl sites for hydroxylation is 1. The van der Waals surface area contributed by atoms with Gasteiger partial charge in [-0.15, -0.1) is 0 Å². The minimum absolute atomic E-state index is 0.216. The molecule has 118 valence electrons. The lowest BCUT2D eigenvalue weighted by Gasteiger charge is -2.08. The molecule has 1 heterocycles. The van der Waals surface area contributed by atoms with E-state index >= 15 is 0 Å². The highest BCUT2D eigenvalue weighted by molar-refractivity contribution is 5.55. The quantitative estimate of drug-likeness (QED) is 0.717. The van der Waals surface area contributed by atoms with Crippen LogP contribution >= 0.6 is 0 Å². The number of halogens is 1. The highest BCUT2D eigenvalue weighted by Crippen LogP contribution is 2.22. The Hall–Kier alpha value is -2.89. The summed E-state index contributed by atoms with van der Waals surface area (Å²) in [6.07, 6.45) is 0. The summed E-state index contributed by atoms with van der Waals surface area (Å²) in [4.78, 5) is 4.16. The molecule has 5 nitrogen and oxygen atoms in total. The van der Waals surface area contributed by atoms with Crippen LogP contribution in [0.25, 0.3) is 11.4 Å². The second kappa shape index (κ2) is 6.48. The molecule has 3 aromatic rings. The summed E-state index contributed by atoms with van der Waals surface area (Å²) in [6.45, 7) is 2.00. The summed E-state index contributed by atoms with van der Waals surface area (Å²) in [6, 6.07) is 12.0. The van der Waals surface area contributed by atoms with E-state index in [0.717, 1.165) is 11.1 Å². The number of benzene rings is 2. The van der Waals surface area contributed by atoms with E-state index in [2.05, 4.69) is 10.1 Å².